The molecule has 0 amide bonds. The van der Waals surface area contributed by atoms with Gasteiger partial charge in [0.15, 0.2) is 0 Å². The number of aliphatic hydroxyl groups is 2. The third-order valence-electron chi connectivity index (χ3n) is 3.49. The summed E-state index contributed by atoms with van der Waals surface area (Å²) < 4.78 is 32.8. The van der Waals surface area contributed by atoms with Gasteiger partial charge in [-0.25, -0.2) is 0 Å². The van der Waals surface area contributed by atoms with Crippen LogP contribution in [0, 0.1) is 5.92 Å². The second-order valence-electron chi connectivity index (χ2n) is 5.41. The number of nitrogens with one attached hydrogen (secondary N) is 1. The van der Waals surface area contributed by atoms with Crippen molar-refractivity contribution >= 4 is 16.2 Å². The zero-order valence-electron chi connectivity index (χ0n) is 12.4. The molecule has 1 aliphatic rings. The number of esters is 1. The zero-order valence-corrected chi connectivity index (χ0v) is 13.2. The molecule has 0 saturated carbocycles. The first kappa shape index (κ1) is 18.3. The molecule has 0 aromatic carbocycles. The fraction of sp³-hybridized carbons (Fsp3) is 0.917. The van der Waals surface area contributed by atoms with Crippen molar-refractivity contribution in [3.05, 3.63) is 0 Å². The first-order chi connectivity index (χ1) is 9.78. The summed E-state index contributed by atoms with van der Waals surface area (Å²) in [6, 6.07) is 0. The summed E-state index contributed by atoms with van der Waals surface area (Å²) in [7, 11) is -3.82. The van der Waals surface area contributed by atoms with Gasteiger partial charge in [-0.15, -0.1) is 0 Å². The quantitative estimate of drug-likeness (QED) is 0.509. The van der Waals surface area contributed by atoms with E-state index in [-0.39, 0.29) is 25.0 Å². The van der Waals surface area contributed by atoms with E-state index in [1.807, 2.05) is 0 Å². The molecular formula is C12H24N2O6S. The minimum absolute atomic E-state index is 0.200. The number of rotatable bonds is 7. The summed E-state index contributed by atoms with van der Waals surface area (Å²) in [4.78, 5) is 11.6. The number of hydrogen-bond acceptors (Lipinski definition) is 6. The summed E-state index contributed by atoms with van der Waals surface area (Å²) in [5.41, 5.74) is -1.31. The first-order valence-electron chi connectivity index (χ1n) is 6.95. The van der Waals surface area contributed by atoms with Crippen LogP contribution in [0.25, 0.3) is 0 Å². The number of carbonyl (C=O) groups is 1. The second kappa shape index (κ2) is 7.50. The molecule has 0 unspecified atom stereocenters. The fourth-order valence-electron chi connectivity index (χ4n) is 2.08. The highest BCUT2D eigenvalue weighted by Gasteiger charge is 2.36. The Morgan fingerprint density at radius 1 is 1.33 bits per heavy atom. The lowest BCUT2D eigenvalue weighted by atomic mass is 9.98. The molecule has 8 nitrogen and oxygen atoms in total. The van der Waals surface area contributed by atoms with Crippen LogP contribution in [0.3, 0.4) is 0 Å². The molecule has 9 heteroatoms. The molecule has 1 saturated heterocycles. The van der Waals surface area contributed by atoms with E-state index in [9.17, 15) is 13.2 Å². The van der Waals surface area contributed by atoms with Crippen LogP contribution in [-0.2, 0) is 19.7 Å². The molecule has 124 valence electrons. The SMILES string of the molecule is CCOC(=O)C1CCN(S(=O)(=O)NC(C)(CO)CO)CC1. The molecular weight excluding hydrogens is 300 g/mol. The lowest BCUT2D eigenvalue weighted by molar-refractivity contribution is -0.149. The van der Waals surface area contributed by atoms with Crippen LogP contribution in [-0.4, -0.2) is 67.4 Å². The zero-order chi connectivity index (χ0) is 16.1. The average Bonchev–Trinajstić information content (AvgIpc) is 2.47. The Balaban J connectivity index is 2.62. The van der Waals surface area contributed by atoms with Crippen molar-refractivity contribution in [2.24, 2.45) is 5.92 Å². The van der Waals surface area contributed by atoms with E-state index in [0.29, 0.717) is 19.4 Å². The standard InChI is InChI=1S/C12H24N2O6S/c1-3-20-11(17)10-4-6-14(7-5-10)21(18,19)13-12(2,8-15)9-16/h10,13,15-16H,3-9H2,1-2H3. The number of hydrogen-bond donors (Lipinski definition) is 3. The van der Waals surface area contributed by atoms with Gasteiger partial charge in [-0.1, -0.05) is 0 Å². The van der Waals surface area contributed by atoms with Crippen molar-refractivity contribution in [1.82, 2.24) is 9.03 Å². The number of ether oxygens (including phenoxy) is 1. The van der Waals surface area contributed by atoms with Gasteiger partial charge in [0.25, 0.3) is 10.2 Å². The number of aliphatic hydroxyl groups excluding tert-OH is 2. The molecule has 1 heterocycles. The highest BCUT2D eigenvalue weighted by molar-refractivity contribution is 7.87. The van der Waals surface area contributed by atoms with Crippen molar-refractivity contribution in [3.63, 3.8) is 0 Å². The Hall–Kier alpha value is -0.740. The third kappa shape index (κ3) is 4.89. The average molecular weight is 324 g/mol. The van der Waals surface area contributed by atoms with Crippen molar-refractivity contribution in [2.75, 3.05) is 32.9 Å². The molecule has 3 N–H and O–H groups in total. The van der Waals surface area contributed by atoms with E-state index < -0.39 is 29.0 Å². The van der Waals surface area contributed by atoms with Crippen LogP contribution >= 0.6 is 0 Å². The summed E-state index contributed by atoms with van der Waals surface area (Å²) >= 11 is 0. The summed E-state index contributed by atoms with van der Waals surface area (Å²) in [6.07, 6.45) is 0.795. The van der Waals surface area contributed by atoms with Gasteiger partial charge < -0.3 is 14.9 Å². The van der Waals surface area contributed by atoms with Crippen LogP contribution in [0.15, 0.2) is 0 Å². The molecule has 21 heavy (non-hydrogen) atoms. The molecule has 1 rings (SSSR count). The second-order valence-corrected chi connectivity index (χ2v) is 7.08. The Morgan fingerprint density at radius 3 is 2.29 bits per heavy atom. The minimum Gasteiger partial charge on any atom is -0.466 e. The maximum absolute atomic E-state index is 12.2. The fourth-order valence-corrected chi connectivity index (χ4v) is 3.65. The van der Waals surface area contributed by atoms with E-state index in [2.05, 4.69) is 4.72 Å². The van der Waals surface area contributed by atoms with Crippen molar-refractivity contribution < 1.29 is 28.2 Å². The topological polar surface area (TPSA) is 116 Å². The van der Waals surface area contributed by atoms with Gasteiger partial charge in [0, 0.05) is 13.1 Å². The Morgan fingerprint density at radius 2 is 1.86 bits per heavy atom. The van der Waals surface area contributed by atoms with Gasteiger partial charge in [-0.3, -0.25) is 4.79 Å². The van der Waals surface area contributed by atoms with Crippen LogP contribution in [0.2, 0.25) is 0 Å². The molecule has 0 radical (unpaired) electrons. The van der Waals surface area contributed by atoms with Gasteiger partial charge >= 0.3 is 5.97 Å². The van der Waals surface area contributed by atoms with Crippen LogP contribution in [0.4, 0.5) is 0 Å². The Labute approximate surface area is 125 Å². The van der Waals surface area contributed by atoms with Gasteiger partial charge in [0.1, 0.15) is 0 Å². The predicted molar refractivity (Wildman–Crippen MR) is 75.6 cm³/mol. The first-order valence-corrected chi connectivity index (χ1v) is 8.39. The molecule has 0 spiro atoms. The van der Waals surface area contributed by atoms with E-state index in [1.165, 1.54) is 11.2 Å². The normalized spacial score (nSPS) is 18.7. The summed E-state index contributed by atoms with van der Waals surface area (Å²) in [6.45, 7) is 2.83. The highest BCUT2D eigenvalue weighted by Crippen LogP contribution is 2.21. The maximum Gasteiger partial charge on any atom is 0.309 e. The lowest BCUT2D eigenvalue weighted by Gasteiger charge is -2.34. The number of nitrogens with zero attached hydrogens (tertiary/aromatic N) is 1. The Kier molecular flexibility index (Phi) is 6.54. The smallest absolute Gasteiger partial charge is 0.309 e. The molecule has 1 fully saturated rings. The molecule has 0 bridgehead atoms. The molecule has 0 aliphatic carbocycles. The molecule has 0 aromatic rings. The summed E-state index contributed by atoms with van der Waals surface area (Å²) in [5.74, 6) is -0.573. The number of carbonyl (C=O) groups excluding carboxylic acids is 1. The van der Waals surface area contributed by atoms with Gasteiger partial charge in [0.05, 0.1) is 31.3 Å². The van der Waals surface area contributed by atoms with Crippen LogP contribution in [0.1, 0.15) is 26.7 Å². The van der Waals surface area contributed by atoms with Crippen molar-refractivity contribution in [1.29, 1.82) is 0 Å². The van der Waals surface area contributed by atoms with Crippen molar-refractivity contribution in [2.45, 2.75) is 32.2 Å². The van der Waals surface area contributed by atoms with E-state index in [1.54, 1.807) is 6.92 Å². The maximum atomic E-state index is 12.2. The largest absolute Gasteiger partial charge is 0.466 e. The van der Waals surface area contributed by atoms with E-state index in [4.69, 9.17) is 14.9 Å². The van der Waals surface area contributed by atoms with Crippen LogP contribution in [0.5, 0.6) is 0 Å². The van der Waals surface area contributed by atoms with E-state index in [0.717, 1.165) is 0 Å². The molecule has 0 aromatic heterocycles. The Bertz CT molecular complexity index is 441. The minimum atomic E-state index is -3.82. The predicted octanol–water partition coefficient (Wildman–Crippen LogP) is -1.16. The van der Waals surface area contributed by atoms with E-state index >= 15 is 0 Å². The molecule has 1 aliphatic heterocycles. The lowest BCUT2D eigenvalue weighted by Crippen LogP contribution is -2.57. The van der Waals surface area contributed by atoms with Crippen LogP contribution < -0.4 is 4.72 Å². The van der Waals surface area contributed by atoms with Gasteiger partial charge in [0.2, 0.25) is 0 Å². The third-order valence-corrected chi connectivity index (χ3v) is 5.28. The van der Waals surface area contributed by atoms with Crippen molar-refractivity contribution in [3.8, 4) is 0 Å². The number of piperidine rings is 1. The van der Waals surface area contributed by atoms with Gasteiger partial charge in [-0.2, -0.15) is 17.4 Å². The summed E-state index contributed by atoms with van der Waals surface area (Å²) in [5, 5.41) is 18.3. The van der Waals surface area contributed by atoms with Gasteiger partial charge in [-0.05, 0) is 26.7 Å². The highest BCUT2D eigenvalue weighted by atomic mass is 32.2. The molecule has 0 atom stereocenters. The monoisotopic (exact) mass is 324 g/mol.